The summed E-state index contributed by atoms with van der Waals surface area (Å²) in [7, 11) is 0. The molecule has 0 bridgehead atoms. The number of anilines is 2. The number of nitrogens with two attached hydrogens (primary N) is 1. The third kappa shape index (κ3) is 5.00. The largest absolute Gasteiger partial charge is 0.382 e. The Morgan fingerprint density at radius 2 is 2.00 bits per heavy atom. The number of nitrogens with one attached hydrogen (secondary N) is 1. The SMILES string of the molecule is CC(C)CCCCNc1nc(N)c(Cl)cc1Cl. The van der Waals surface area contributed by atoms with Crippen molar-refractivity contribution < 1.29 is 0 Å². The van der Waals surface area contributed by atoms with Crippen LogP contribution in [0.4, 0.5) is 11.6 Å². The first-order chi connectivity index (χ1) is 8.00. The van der Waals surface area contributed by atoms with Crippen LogP contribution in [0.25, 0.3) is 0 Å². The summed E-state index contributed by atoms with van der Waals surface area (Å²) in [6.07, 6.45) is 3.54. The highest BCUT2D eigenvalue weighted by molar-refractivity contribution is 6.37. The molecule has 0 saturated heterocycles. The summed E-state index contributed by atoms with van der Waals surface area (Å²) >= 11 is 11.8. The maximum atomic E-state index is 6.00. The van der Waals surface area contributed by atoms with Gasteiger partial charge in [0.1, 0.15) is 11.6 Å². The van der Waals surface area contributed by atoms with Gasteiger partial charge in [0, 0.05) is 6.54 Å². The van der Waals surface area contributed by atoms with E-state index in [2.05, 4.69) is 24.1 Å². The van der Waals surface area contributed by atoms with Crippen LogP contribution in [0.5, 0.6) is 0 Å². The normalized spacial score (nSPS) is 10.9. The summed E-state index contributed by atoms with van der Waals surface area (Å²) in [6.45, 7) is 5.30. The maximum absolute atomic E-state index is 6.00. The fourth-order valence-electron chi connectivity index (χ4n) is 1.49. The minimum Gasteiger partial charge on any atom is -0.382 e. The molecule has 17 heavy (non-hydrogen) atoms. The first-order valence-corrected chi connectivity index (χ1v) is 6.61. The number of hydrogen-bond donors (Lipinski definition) is 2. The first kappa shape index (κ1) is 14.4. The summed E-state index contributed by atoms with van der Waals surface area (Å²) in [6, 6.07) is 1.61. The van der Waals surface area contributed by atoms with Gasteiger partial charge in [0.05, 0.1) is 10.0 Å². The van der Waals surface area contributed by atoms with Crippen LogP contribution in [0.2, 0.25) is 10.0 Å². The van der Waals surface area contributed by atoms with Crippen LogP contribution < -0.4 is 11.1 Å². The Morgan fingerprint density at radius 3 is 2.65 bits per heavy atom. The lowest BCUT2D eigenvalue weighted by Crippen LogP contribution is -2.06. The molecule has 0 aliphatic rings. The van der Waals surface area contributed by atoms with E-state index in [1.807, 2.05) is 0 Å². The van der Waals surface area contributed by atoms with Gasteiger partial charge in [-0.2, -0.15) is 0 Å². The number of nitrogens with zero attached hydrogens (tertiary/aromatic N) is 1. The van der Waals surface area contributed by atoms with Gasteiger partial charge in [0.25, 0.3) is 0 Å². The van der Waals surface area contributed by atoms with E-state index in [1.165, 1.54) is 12.8 Å². The lowest BCUT2D eigenvalue weighted by molar-refractivity contribution is 0.544. The predicted molar refractivity (Wildman–Crippen MR) is 75.8 cm³/mol. The lowest BCUT2D eigenvalue weighted by atomic mass is 10.1. The monoisotopic (exact) mass is 275 g/mol. The molecule has 0 spiro atoms. The molecule has 1 rings (SSSR count). The van der Waals surface area contributed by atoms with Gasteiger partial charge >= 0.3 is 0 Å². The molecule has 1 heterocycles. The number of halogens is 2. The molecular weight excluding hydrogens is 257 g/mol. The highest BCUT2D eigenvalue weighted by Crippen LogP contribution is 2.27. The van der Waals surface area contributed by atoms with Crippen molar-refractivity contribution in [2.45, 2.75) is 33.1 Å². The smallest absolute Gasteiger partial charge is 0.147 e. The molecule has 0 radical (unpaired) electrons. The highest BCUT2D eigenvalue weighted by Gasteiger charge is 2.06. The van der Waals surface area contributed by atoms with Crippen molar-refractivity contribution in [1.29, 1.82) is 0 Å². The summed E-state index contributed by atoms with van der Waals surface area (Å²) in [5.74, 6) is 1.67. The summed E-state index contributed by atoms with van der Waals surface area (Å²) < 4.78 is 0. The van der Waals surface area contributed by atoms with Crippen molar-refractivity contribution >= 4 is 34.8 Å². The van der Waals surface area contributed by atoms with Crippen molar-refractivity contribution in [1.82, 2.24) is 4.98 Å². The summed E-state index contributed by atoms with van der Waals surface area (Å²) in [4.78, 5) is 4.11. The number of pyridine rings is 1. The molecule has 0 saturated carbocycles. The Labute approximate surface area is 113 Å². The summed E-state index contributed by atoms with van der Waals surface area (Å²) in [5.41, 5.74) is 5.62. The van der Waals surface area contributed by atoms with E-state index in [0.29, 0.717) is 21.7 Å². The fourth-order valence-corrected chi connectivity index (χ4v) is 1.91. The molecule has 96 valence electrons. The topological polar surface area (TPSA) is 50.9 Å². The van der Waals surface area contributed by atoms with E-state index in [-0.39, 0.29) is 0 Å². The van der Waals surface area contributed by atoms with E-state index >= 15 is 0 Å². The number of hydrogen-bond acceptors (Lipinski definition) is 3. The zero-order valence-corrected chi connectivity index (χ0v) is 11.8. The predicted octanol–water partition coefficient (Wildman–Crippen LogP) is 4.21. The minimum atomic E-state index is 0.306. The zero-order chi connectivity index (χ0) is 12.8. The van der Waals surface area contributed by atoms with Crippen LogP contribution in [0, 0.1) is 5.92 Å². The van der Waals surface area contributed by atoms with Crippen molar-refractivity contribution in [3.63, 3.8) is 0 Å². The Kier molecular flexibility index (Phi) is 5.86. The third-order valence-corrected chi connectivity index (χ3v) is 3.05. The van der Waals surface area contributed by atoms with Gasteiger partial charge in [-0.3, -0.25) is 0 Å². The van der Waals surface area contributed by atoms with E-state index in [4.69, 9.17) is 28.9 Å². The van der Waals surface area contributed by atoms with Crippen LogP contribution in [-0.4, -0.2) is 11.5 Å². The van der Waals surface area contributed by atoms with Crippen LogP contribution in [0.15, 0.2) is 6.07 Å². The average molecular weight is 276 g/mol. The second kappa shape index (κ2) is 6.92. The van der Waals surface area contributed by atoms with Gasteiger partial charge in [-0.1, -0.05) is 49.9 Å². The molecule has 5 heteroatoms. The molecule has 0 aromatic carbocycles. The maximum Gasteiger partial charge on any atom is 0.147 e. The van der Waals surface area contributed by atoms with Crippen molar-refractivity contribution in [3.05, 3.63) is 16.1 Å². The van der Waals surface area contributed by atoms with Gasteiger partial charge in [0.2, 0.25) is 0 Å². The van der Waals surface area contributed by atoms with E-state index < -0.39 is 0 Å². The molecule has 0 fully saturated rings. The summed E-state index contributed by atoms with van der Waals surface area (Å²) in [5, 5.41) is 4.07. The molecule has 3 N–H and O–H groups in total. The van der Waals surface area contributed by atoms with E-state index in [0.717, 1.165) is 18.9 Å². The number of unbranched alkanes of at least 4 members (excludes halogenated alkanes) is 1. The molecule has 3 nitrogen and oxygen atoms in total. The molecule has 0 aliphatic heterocycles. The van der Waals surface area contributed by atoms with Crippen LogP contribution >= 0.6 is 23.2 Å². The van der Waals surface area contributed by atoms with Gasteiger partial charge < -0.3 is 11.1 Å². The Hall–Kier alpha value is -0.670. The number of rotatable bonds is 6. The molecule has 0 atom stereocenters. The van der Waals surface area contributed by atoms with Gasteiger partial charge in [0.15, 0.2) is 0 Å². The Bertz CT molecular complexity index is 367. The quantitative estimate of drug-likeness (QED) is 0.765. The van der Waals surface area contributed by atoms with Crippen molar-refractivity contribution in [2.24, 2.45) is 5.92 Å². The Morgan fingerprint density at radius 1 is 1.29 bits per heavy atom. The van der Waals surface area contributed by atoms with Crippen LogP contribution in [0.1, 0.15) is 33.1 Å². The van der Waals surface area contributed by atoms with E-state index in [9.17, 15) is 0 Å². The third-order valence-electron chi connectivity index (χ3n) is 2.46. The van der Waals surface area contributed by atoms with Crippen molar-refractivity contribution in [2.75, 3.05) is 17.6 Å². The fraction of sp³-hybridized carbons (Fsp3) is 0.583. The van der Waals surface area contributed by atoms with Gasteiger partial charge in [-0.15, -0.1) is 0 Å². The standard InChI is InChI=1S/C12H19Cl2N3/c1-8(2)5-3-4-6-16-12-10(14)7-9(13)11(15)17-12/h7-8H,3-6H2,1-2H3,(H3,15,16,17). The average Bonchev–Trinajstić information content (AvgIpc) is 2.24. The minimum absolute atomic E-state index is 0.306. The van der Waals surface area contributed by atoms with E-state index in [1.54, 1.807) is 6.07 Å². The molecule has 0 amide bonds. The lowest BCUT2D eigenvalue weighted by Gasteiger charge is -2.09. The van der Waals surface area contributed by atoms with Crippen LogP contribution in [0.3, 0.4) is 0 Å². The molecule has 1 aromatic rings. The van der Waals surface area contributed by atoms with Crippen LogP contribution in [-0.2, 0) is 0 Å². The first-order valence-electron chi connectivity index (χ1n) is 5.86. The van der Waals surface area contributed by atoms with Gasteiger partial charge in [-0.25, -0.2) is 4.98 Å². The number of aromatic nitrogens is 1. The molecular formula is C12H19Cl2N3. The second-order valence-electron chi connectivity index (χ2n) is 4.50. The number of nitrogen functional groups attached to an aromatic ring is 1. The molecule has 0 aliphatic carbocycles. The zero-order valence-electron chi connectivity index (χ0n) is 10.3. The molecule has 0 unspecified atom stereocenters. The Balaban J connectivity index is 2.39. The molecule has 1 aromatic heterocycles. The van der Waals surface area contributed by atoms with Crippen molar-refractivity contribution in [3.8, 4) is 0 Å². The highest BCUT2D eigenvalue weighted by atomic mass is 35.5. The van der Waals surface area contributed by atoms with Gasteiger partial charge in [-0.05, 0) is 18.4 Å². The second-order valence-corrected chi connectivity index (χ2v) is 5.32.